The second-order valence-corrected chi connectivity index (χ2v) is 6.32. The van der Waals surface area contributed by atoms with Gasteiger partial charge in [-0.3, -0.25) is 0 Å². The highest BCUT2D eigenvalue weighted by Gasteiger charge is 2.09. The first-order valence-electron chi connectivity index (χ1n) is 8.92. The van der Waals surface area contributed by atoms with E-state index in [4.69, 9.17) is 20.9 Å². The average molecular weight is 400 g/mol. The molecule has 28 heavy (non-hydrogen) atoms. The molecule has 0 saturated carbocycles. The van der Waals surface area contributed by atoms with Gasteiger partial charge in [0.05, 0.1) is 20.2 Å². The van der Waals surface area contributed by atoms with E-state index in [0.717, 1.165) is 23.4 Å². The molecule has 0 aliphatic heterocycles. The minimum absolute atomic E-state index is 0.359. The topological polar surface area (TPSA) is 84.6 Å². The van der Waals surface area contributed by atoms with Crippen LogP contribution in [0, 0.1) is 0 Å². The molecular formula is C20H22ClN5O2. The van der Waals surface area contributed by atoms with Gasteiger partial charge in [0, 0.05) is 22.7 Å². The normalized spacial score (nSPS) is 11.3. The van der Waals surface area contributed by atoms with E-state index >= 15 is 0 Å². The molecule has 3 aromatic rings. The van der Waals surface area contributed by atoms with E-state index in [1.807, 2.05) is 43.3 Å². The van der Waals surface area contributed by atoms with Crippen molar-refractivity contribution in [1.82, 2.24) is 20.8 Å². The number of nitrogens with zero attached hydrogens (tertiary/aromatic N) is 3. The van der Waals surface area contributed by atoms with E-state index in [1.165, 1.54) is 0 Å². The molecule has 1 heterocycles. The van der Waals surface area contributed by atoms with E-state index in [1.54, 1.807) is 19.2 Å². The molecule has 2 N–H and O–H groups in total. The predicted molar refractivity (Wildman–Crippen MR) is 109 cm³/mol. The molecule has 2 aromatic carbocycles. The van der Waals surface area contributed by atoms with E-state index in [2.05, 4.69) is 25.8 Å². The van der Waals surface area contributed by atoms with Gasteiger partial charge in [-0.25, -0.2) is 4.99 Å². The molecule has 0 unspecified atom stereocenters. The van der Waals surface area contributed by atoms with Crippen molar-refractivity contribution in [3.8, 4) is 17.1 Å². The molecule has 8 heteroatoms. The van der Waals surface area contributed by atoms with Gasteiger partial charge in [0.25, 0.3) is 0 Å². The fourth-order valence-electron chi connectivity index (χ4n) is 2.54. The Bertz CT molecular complexity index is 924. The zero-order chi connectivity index (χ0) is 19.8. The maximum atomic E-state index is 5.91. The Morgan fingerprint density at radius 2 is 1.93 bits per heavy atom. The molecule has 1 aromatic heterocycles. The Morgan fingerprint density at radius 3 is 2.68 bits per heavy atom. The summed E-state index contributed by atoms with van der Waals surface area (Å²) < 4.78 is 10.7. The van der Waals surface area contributed by atoms with Crippen molar-refractivity contribution in [3.63, 3.8) is 0 Å². The fourth-order valence-corrected chi connectivity index (χ4v) is 2.67. The Hall–Kier alpha value is -3.06. The molecule has 146 valence electrons. The van der Waals surface area contributed by atoms with Crippen molar-refractivity contribution in [2.24, 2.45) is 4.99 Å². The van der Waals surface area contributed by atoms with Gasteiger partial charge < -0.3 is 19.9 Å². The van der Waals surface area contributed by atoms with Crippen LogP contribution in [0.3, 0.4) is 0 Å². The highest BCUT2D eigenvalue weighted by atomic mass is 35.5. The van der Waals surface area contributed by atoms with Gasteiger partial charge >= 0.3 is 0 Å². The predicted octanol–water partition coefficient (Wildman–Crippen LogP) is 3.65. The van der Waals surface area contributed by atoms with Crippen LogP contribution < -0.4 is 15.4 Å². The van der Waals surface area contributed by atoms with Gasteiger partial charge in [-0.2, -0.15) is 4.98 Å². The lowest BCUT2D eigenvalue weighted by Crippen LogP contribution is -2.36. The molecule has 7 nitrogen and oxygen atoms in total. The summed E-state index contributed by atoms with van der Waals surface area (Å²) in [5.74, 6) is 2.45. The number of rotatable bonds is 7. The lowest BCUT2D eigenvalue weighted by atomic mass is 10.2. The number of nitrogens with one attached hydrogen (secondary N) is 2. The maximum Gasteiger partial charge on any atom is 0.246 e. The number of benzene rings is 2. The molecule has 0 aliphatic rings. The number of hydrogen-bond donors (Lipinski definition) is 2. The van der Waals surface area contributed by atoms with Crippen molar-refractivity contribution in [3.05, 3.63) is 65.0 Å². The quantitative estimate of drug-likeness (QED) is 0.466. The first-order chi connectivity index (χ1) is 13.7. The summed E-state index contributed by atoms with van der Waals surface area (Å²) in [5, 5.41) is 11.1. The third-order valence-corrected chi connectivity index (χ3v) is 4.17. The van der Waals surface area contributed by atoms with Crippen LogP contribution in [0.1, 0.15) is 18.4 Å². The second kappa shape index (κ2) is 9.75. The SMILES string of the molecule is CCNC(=NCc1ccccc1OC)NCc1nc(-c2ccc(Cl)cc2)no1. The summed E-state index contributed by atoms with van der Waals surface area (Å²) in [4.78, 5) is 8.99. The molecule has 3 rings (SSSR count). The molecule has 0 saturated heterocycles. The van der Waals surface area contributed by atoms with Gasteiger partial charge in [-0.05, 0) is 37.3 Å². The summed E-state index contributed by atoms with van der Waals surface area (Å²) in [7, 11) is 1.65. The van der Waals surface area contributed by atoms with E-state index < -0.39 is 0 Å². The van der Waals surface area contributed by atoms with Crippen LogP contribution in [0.15, 0.2) is 58.0 Å². The molecular weight excluding hydrogens is 378 g/mol. The van der Waals surface area contributed by atoms with Crippen LogP contribution in [0.25, 0.3) is 11.4 Å². The molecule has 0 fully saturated rings. The Morgan fingerprint density at radius 1 is 1.14 bits per heavy atom. The summed E-state index contributed by atoms with van der Waals surface area (Å²) in [5.41, 5.74) is 1.85. The van der Waals surface area contributed by atoms with Gasteiger partial charge in [0.2, 0.25) is 11.7 Å². The third kappa shape index (κ3) is 5.23. The zero-order valence-corrected chi connectivity index (χ0v) is 16.5. The Kier molecular flexibility index (Phi) is 6.86. The first-order valence-corrected chi connectivity index (χ1v) is 9.30. The van der Waals surface area contributed by atoms with Crippen LogP contribution in [0.5, 0.6) is 5.75 Å². The van der Waals surface area contributed by atoms with Crippen molar-refractivity contribution < 1.29 is 9.26 Å². The van der Waals surface area contributed by atoms with Crippen molar-refractivity contribution in [2.75, 3.05) is 13.7 Å². The smallest absolute Gasteiger partial charge is 0.246 e. The zero-order valence-electron chi connectivity index (χ0n) is 15.8. The van der Waals surface area contributed by atoms with Gasteiger partial charge in [0.1, 0.15) is 5.75 Å². The summed E-state index contributed by atoms with van der Waals surface area (Å²) in [6.07, 6.45) is 0. The monoisotopic (exact) mass is 399 g/mol. The molecule has 0 bridgehead atoms. The number of hydrogen-bond acceptors (Lipinski definition) is 5. The van der Waals surface area contributed by atoms with Crippen LogP contribution >= 0.6 is 11.6 Å². The average Bonchev–Trinajstić information content (AvgIpc) is 3.20. The van der Waals surface area contributed by atoms with Crippen LogP contribution in [-0.4, -0.2) is 29.8 Å². The maximum absolute atomic E-state index is 5.91. The van der Waals surface area contributed by atoms with Crippen LogP contribution in [0.4, 0.5) is 0 Å². The van der Waals surface area contributed by atoms with Gasteiger partial charge in [-0.15, -0.1) is 0 Å². The molecule has 0 atom stereocenters. The number of guanidine groups is 1. The number of ether oxygens (including phenoxy) is 1. The first kappa shape index (κ1) is 19.7. The Labute approximate surface area is 168 Å². The largest absolute Gasteiger partial charge is 0.496 e. The van der Waals surface area contributed by atoms with E-state index in [-0.39, 0.29) is 0 Å². The fraction of sp³-hybridized carbons (Fsp3) is 0.250. The van der Waals surface area contributed by atoms with Crippen molar-refractivity contribution in [2.45, 2.75) is 20.0 Å². The van der Waals surface area contributed by atoms with Crippen LogP contribution in [0.2, 0.25) is 5.02 Å². The lowest BCUT2D eigenvalue weighted by Gasteiger charge is -2.10. The number of halogens is 1. The minimum Gasteiger partial charge on any atom is -0.496 e. The minimum atomic E-state index is 0.359. The van der Waals surface area contributed by atoms with Gasteiger partial charge in [0.15, 0.2) is 5.96 Å². The molecule has 0 radical (unpaired) electrons. The molecule has 0 aliphatic carbocycles. The number of aliphatic imine (C=N–C) groups is 1. The standard InChI is InChI=1S/C20H22ClN5O2/c1-3-22-20(23-12-15-6-4-5-7-17(15)27-2)24-13-18-25-19(26-28-18)14-8-10-16(21)11-9-14/h4-11H,3,12-13H2,1-2H3,(H2,22,23,24). The highest BCUT2D eigenvalue weighted by Crippen LogP contribution is 2.19. The number of para-hydroxylation sites is 1. The summed E-state index contributed by atoms with van der Waals surface area (Å²) >= 11 is 5.91. The molecule has 0 spiro atoms. The third-order valence-electron chi connectivity index (χ3n) is 3.92. The van der Waals surface area contributed by atoms with Crippen LogP contribution in [-0.2, 0) is 13.1 Å². The van der Waals surface area contributed by atoms with Crippen molar-refractivity contribution >= 4 is 17.6 Å². The lowest BCUT2D eigenvalue weighted by molar-refractivity contribution is 0.375. The molecule has 0 amide bonds. The number of aromatic nitrogens is 2. The highest BCUT2D eigenvalue weighted by molar-refractivity contribution is 6.30. The van der Waals surface area contributed by atoms with E-state index in [0.29, 0.717) is 35.8 Å². The van der Waals surface area contributed by atoms with E-state index in [9.17, 15) is 0 Å². The number of methoxy groups -OCH3 is 1. The second-order valence-electron chi connectivity index (χ2n) is 5.88. The summed E-state index contributed by atoms with van der Waals surface area (Å²) in [6, 6.07) is 15.1. The van der Waals surface area contributed by atoms with Crippen molar-refractivity contribution in [1.29, 1.82) is 0 Å². The Balaban J connectivity index is 1.64. The summed E-state index contributed by atoms with van der Waals surface area (Å²) in [6.45, 7) is 3.58. The van der Waals surface area contributed by atoms with Gasteiger partial charge in [-0.1, -0.05) is 35.0 Å².